The predicted octanol–water partition coefficient (Wildman–Crippen LogP) is 2.01. The third-order valence-corrected chi connectivity index (χ3v) is 3.96. The molecule has 0 fully saturated rings. The molecule has 0 unspecified atom stereocenters. The second kappa shape index (κ2) is 7.52. The average molecular weight is 293 g/mol. The quantitative estimate of drug-likeness (QED) is 0.756. The molecule has 0 aliphatic heterocycles. The van der Waals surface area contributed by atoms with Crippen LogP contribution in [0, 0.1) is 0 Å². The molecule has 5 nitrogen and oxygen atoms in total. The number of hydrogen-bond acceptors (Lipinski definition) is 5. The molecular formula is C14H23N5S. The Balaban J connectivity index is 1.82. The first-order valence-electron chi connectivity index (χ1n) is 6.97. The minimum absolute atomic E-state index is 0.838. The van der Waals surface area contributed by atoms with Crippen LogP contribution in [0.4, 0.5) is 0 Å². The molecule has 0 saturated heterocycles. The van der Waals surface area contributed by atoms with E-state index in [9.17, 15) is 0 Å². The molecule has 1 N–H and O–H groups in total. The van der Waals surface area contributed by atoms with Crippen molar-refractivity contribution in [3.05, 3.63) is 34.3 Å². The van der Waals surface area contributed by atoms with Crippen molar-refractivity contribution in [1.29, 1.82) is 0 Å². The largest absolute Gasteiger partial charge is 0.337 e. The molecule has 2 rings (SSSR count). The van der Waals surface area contributed by atoms with Gasteiger partial charge in [-0.05, 0) is 20.0 Å². The van der Waals surface area contributed by atoms with Gasteiger partial charge in [0.2, 0.25) is 0 Å². The molecule has 20 heavy (non-hydrogen) atoms. The van der Waals surface area contributed by atoms with Crippen molar-refractivity contribution < 1.29 is 0 Å². The molecule has 0 bridgehead atoms. The van der Waals surface area contributed by atoms with Crippen LogP contribution in [0.5, 0.6) is 0 Å². The average Bonchev–Trinajstić information content (AvgIpc) is 3.00. The molecule has 0 saturated carbocycles. The van der Waals surface area contributed by atoms with Gasteiger partial charge in [0, 0.05) is 37.9 Å². The summed E-state index contributed by atoms with van der Waals surface area (Å²) in [5.41, 5.74) is 1.14. The normalized spacial score (nSPS) is 11.4. The topological polar surface area (TPSA) is 46.0 Å². The van der Waals surface area contributed by atoms with Crippen molar-refractivity contribution >= 4 is 11.3 Å². The third-order valence-electron chi connectivity index (χ3n) is 3.07. The second-order valence-electron chi connectivity index (χ2n) is 5.04. The van der Waals surface area contributed by atoms with Crippen LogP contribution < -0.4 is 5.32 Å². The van der Waals surface area contributed by atoms with Gasteiger partial charge in [-0.1, -0.05) is 6.92 Å². The van der Waals surface area contributed by atoms with Gasteiger partial charge in [0.15, 0.2) is 0 Å². The first kappa shape index (κ1) is 15.2. The molecule has 0 aliphatic rings. The predicted molar refractivity (Wildman–Crippen MR) is 82.5 cm³/mol. The lowest BCUT2D eigenvalue weighted by molar-refractivity contribution is 0.304. The Morgan fingerprint density at radius 1 is 1.40 bits per heavy atom. The second-order valence-corrected chi connectivity index (χ2v) is 5.98. The Kier molecular flexibility index (Phi) is 5.70. The van der Waals surface area contributed by atoms with Crippen LogP contribution in [0.25, 0.3) is 0 Å². The highest BCUT2D eigenvalue weighted by atomic mass is 32.1. The lowest BCUT2D eigenvalue weighted by atomic mass is 10.4. The van der Waals surface area contributed by atoms with Crippen molar-refractivity contribution in [3.8, 4) is 0 Å². The lowest BCUT2D eigenvalue weighted by Gasteiger charge is -2.14. The number of thiazole rings is 1. The zero-order valence-corrected chi connectivity index (χ0v) is 13.3. The van der Waals surface area contributed by atoms with Crippen molar-refractivity contribution in [2.75, 3.05) is 13.6 Å². The molecule has 6 heteroatoms. The molecule has 2 heterocycles. The number of aromatic nitrogens is 3. The van der Waals surface area contributed by atoms with Crippen LogP contribution >= 0.6 is 11.3 Å². The molecule has 0 atom stereocenters. The van der Waals surface area contributed by atoms with E-state index in [2.05, 4.69) is 44.1 Å². The number of hydrogen-bond donors (Lipinski definition) is 1. The fourth-order valence-corrected chi connectivity index (χ4v) is 2.75. The summed E-state index contributed by atoms with van der Waals surface area (Å²) in [5.74, 6) is 1.08. The Bertz CT molecular complexity index is 519. The lowest BCUT2D eigenvalue weighted by Crippen LogP contribution is -2.20. The van der Waals surface area contributed by atoms with E-state index in [1.165, 1.54) is 5.01 Å². The maximum absolute atomic E-state index is 4.66. The molecule has 2 aromatic heterocycles. The highest BCUT2D eigenvalue weighted by molar-refractivity contribution is 7.09. The smallest absolute Gasteiger partial charge is 0.122 e. The van der Waals surface area contributed by atoms with E-state index in [1.54, 1.807) is 11.3 Å². The van der Waals surface area contributed by atoms with E-state index < -0.39 is 0 Å². The summed E-state index contributed by atoms with van der Waals surface area (Å²) in [5, 5.41) is 6.70. The summed E-state index contributed by atoms with van der Waals surface area (Å²) >= 11 is 1.73. The first-order valence-corrected chi connectivity index (χ1v) is 7.85. The van der Waals surface area contributed by atoms with Gasteiger partial charge in [0.05, 0.1) is 12.2 Å². The van der Waals surface area contributed by atoms with Crippen molar-refractivity contribution in [1.82, 2.24) is 24.8 Å². The van der Waals surface area contributed by atoms with Crippen LogP contribution in [-0.4, -0.2) is 33.0 Å². The summed E-state index contributed by atoms with van der Waals surface area (Å²) in [6, 6.07) is 0. The Labute approximate surface area is 124 Å². The standard InChI is InChI=1S/C14H23N5S/c1-4-5-15-8-14-17-12(11-20-14)9-18(2)10-13-16-6-7-19(13)3/h6-7,11,15H,4-5,8-10H2,1-3H3. The van der Waals surface area contributed by atoms with E-state index in [4.69, 9.17) is 0 Å². The zero-order chi connectivity index (χ0) is 14.4. The molecule has 0 radical (unpaired) electrons. The number of nitrogens with zero attached hydrogens (tertiary/aromatic N) is 4. The molecular weight excluding hydrogens is 270 g/mol. The summed E-state index contributed by atoms with van der Waals surface area (Å²) < 4.78 is 2.05. The number of rotatable bonds is 8. The van der Waals surface area contributed by atoms with Gasteiger partial charge in [0.25, 0.3) is 0 Å². The van der Waals surface area contributed by atoms with Crippen molar-refractivity contribution in [2.45, 2.75) is 33.0 Å². The van der Waals surface area contributed by atoms with Gasteiger partial charge in [0.1, 0.15) is 10.8 Å². The first-order chi connectivity index (χ1) is 9.69. The maximum atomic E-state index is 4.66. The van der Waals surface area contributed by atoms with Gasteiger partial charge in [-0.15, -0.1) is 11.3 Å². The summed E-state index contributed by atoms with van der Waals surface area (Å²) in [7, 11) is 4.12. The SMILES string of the molecule is CCCNCc1nc(CN(C)Cc2nccn2C)cs1. The van der Waals surface area contributed by atoms with Crippen LogP contribution in [-0.2, 0) is 26.7 Å². The maximum Gasteiger partial charge on any atom is 0.122 e. The van der Waals surface area contributed by atoms with Gasteiger partial charge >= 0.3 is 0 Å². The molecule has 0 aliphatic carbocycles. The van der Waals surface area contributed by atoms with E-state index in [1.807, 2.05) is 19.4 Å². The molecule has 0 amide bonds. The van der Waals surface area contributed by atoms with Gasteiger partial charge in [-0.2, -0.15) is 0 Å². The van der Waals surface area contributed by atoms with Gasteiger partial charge < -0.3 is 9.88 Å². The molecule has 0 aromatic carbocycles. The van der Waals surface area contributed by atoms with E-state index in [-0.39, 0.29) is 0 Å². The summed E-state index contributed by atoms with van der Waals surface area (Å²) in [6.07, 6.45) is 4.97. The minimum atomic E-state index is 0.838. The molecule has 110 valence electrons. The number of nitrogens with one attached hydrogen (secondary N) is 1. The monoisotopic (exact) mass is 293 g/mol. The number of imidazole rings is 1. The summed E-state index contributed by atoms with van der Waals surface area (Å²) in [4.78, 5) is 11.2. The van der Waals surface area contributed by atoms with Crippen molar-refractivity contribution in [3.63, 3.8) is 0 Å². The Morgan fingerprint density at radius 3 is 2.95 bits per heavy atom. The van der Waals surface area contributed by atoms with Crippen LogP contribution in [0.15, 0.2) is 17.8 Å². The van der Waals surface area contributed by atoms with E-state index >= 15 is 0 Å². The van der Waals surface area contributed by atoms with Crippen molar-refractivity contribution in [2.24, 2.45) is 7.05 Å². The van der Waals surface area contributed by atoms with Crippen LogP contribution in [0.3, 0.4) is 0 Å². The van der Waals surface area contributed by atoms with Crippen LogP contribution in [0.1, 0.15) is 29.9 Å². The Morgan fingerprint density at radius 2 is 2.25 bits per heavy atom. The van der Waals surface area contributed by atoms with E-state index in [0.717, 1.165) is 44.1 Å². The highest BCUT2D eigenvalue weighted by Crippen LogP contribution is 2.12. The van der Waals surface area contributed by atoms with E-state index in [0.29, 0.717) is 0 Å². The van der Waals surface area contributed by atoms with Gasteiger partial charge in [-0.3, -0.25) is 4.90 Å². The van der Waals surface area contributed by atoms with Crippen LogP contribution in [0.2, 0.25) is 0 Å². The summed E-state index contributed by atoms with van der Waals surface area (Å²) in [6.45, 7) is 5.80. The van der Waals surface area contributed by atoms with Gasteiger partial charge in [-0.25, -0.2) is 9.97 Å². The minimum Gasteiger partial charge on any atom is -0.337 e. The Hall–Kier alpha value is -1.24. The highest BCUT2D eigenvalue weighted by Gasteiger charge is 2.08. The zero-order valence-electron chi connectivity index (χ0n) is 12.5. The fourth-order valence-electron chi connectivity index (χ4n) is 2.00. The third kappa shape index (κ3) is 4.40. The molecule has 2 aromatic rings. The molecule has 0 spiro atoms. The fraction of sp³-hybridized carbons (Fsp3) is 0.571. The number of aryl methyl sites for hydroxylation is 1.